The molecule has 0 amide bonds. The van der Waals surface area contributed by atoms with Crippen LogP contribution in [0.25, 0.3) is 10.3 Å². The summed E-state index contributed by atoms with van der Waals surface area (Å²) in [5.74, 6) is -0.863. The van der Waals surface area contributed by atoms with E-state index in [1.54, 1.807) is 29.7 Å². The zero-order chi connectivity index (χ0) is 10.8. The molecule has 0 unspecified atom stereocenters. The fourth-order valence-corrected chi connectivity index (χ4v) is 2.01. The van der Waals surface area contributed by atoms with Crippen molar-refractivity contribution in [3.63, 3.8) is 0 Å². The fraction of sp³-hybridized carbons (Fsp3) is 0.222. The standard InChI is InChI=1S/C9H9N3O2S/c1-12(4-7(13)14)6-2-3-10-9-8(6)11-5-15-9/h2-3,5H,4H2,1H3,(H,13,14). The molecule has 2 aromatic heterocycles. The van der Waals surface area contributed by atoms with Gasteiger partial charge >= 0.3 is 5.97 Å². The maximum Gasteiger partial charge on any atom is 0.323 e. The van der Waals surface area contributed by atoms with E-state index in [2.05, 4.69) is 9.97 Å². The molecule has 0 aliphatic heterocycles. The molecule has 0 saturated heterocycles. The molecule has 2 aromatic rings. The Bertz CT molecular complexity index is 497. The van der Waals surface area contributed by atoms with E-state index in [9.17, 15) is 4.79 Å². The number of nitrogens with zero attached hydrogens (tertiary/aromatic N) is 3. The van der Waals surface area contributed by atoms with Crippen LogP contribution in [-0.2, 0) is 4.79 Å². The number of carboxylic acid groups (broad SMARTS) is 1. The lowest BCUT2D eigenvalue weighted by Crippen LogP contribution is -2.25. The quantitative estimate of drug-likeness (QED) is 0.847. The van der Waals surface area contributed by atoms with Gasteiger partial charge in [-0.1, -0.05) is 0 Å². The number of rotatable bonds is 3. The SMILES string of the molecule is CN(CC(=O)O)c1ccnc2scnc12. The van der Waals surface area contributed by atoms with Crippen molar-refractivity contribution in [1.82, 2.24) is 9.97 Å². The molecule has 0 radical (unpaired) electrons. The van der Waals surface area contributed by atoms with Crippen molar-refractivity contribution in [3.8, 4) is 0 Å². The number of likely N-dealkylation sites (N-methyl/N-ethyl adjacent to an activating group) is 1. The first-order chi connectivity index (χ1) is 7.18. The largest absolute Gasteiger partial charge is 0.480 e. The maximum atomic E-state index is 10.6. The van der Waals surface area contributed by atoms with Crippen LogP contribution in [0.15, 0.2) is 17.8 Å². The van der Waals surface area contributed by atoms with Crippen molar-refractivity contribution in [3.05, 3.63) is 17.8 Å². The summed E-state index contributed by atoms with van der Waals surface area (Å²) in [6.07, 6.45) is 1.66. The Labute approximate surface area is 90.0 Å². The summed E-state index contributed by atoms with van der Waals surface area (Å²) in [6, 6.07) is 1.77. The van der Waals surface area contributed by atoms with Crippen LogP contribution in [0.2, 0.25) is 0 Å². The van der Waals surface area contributed by atoms with Crippen molar-refractivity contribution in [1.29, 1.82) is 0 Å². The zero-order valence-electron chi connectivity index (χ0n) is 8.04. The minimum absolute atomic E-state index is 0.0450. The molecule has 2 rings (SSSR count). The van der Waals surface area contributed by atoms with Crippen LogP contribution in [0.4, 0.5) is 5.69 Å². The van der Waals surface area contributed by atoms with E-state index in [0.717, 1.165) is 16.0 Å². The van der Waals surface area contributed by atoms with Gasteiger partial charge < -0.3 is 10.0 Å². The van der Waals surface area contributed by atoms with Gasteiger partial charge in [0.15, 0.2) is 0 Å². The number of aromatic nitrogens is 2. The Morgan fingerprint density at radius 1 is 1.60 bits per heavy atom. The Morgan fingerprint density at radius 3 is 3.13 bits per heavy atom. The highest BCUT2D eigenvalue weighted by molar-refractivity contribution is 7.16. The van der Waals surface area contributed by atoms with E-state index in [4.69, 9.17) is 5.11 Å². The van der Waals surface area contributed by atoms with E-state index in [0.29, 0.717) is 0 Å². The minimum atomic E-state index is -0.863. The number of pyridine rings is 1. The van der Waals surface area contributed by atoms with Crippen molar-refractivity contribution in [2.24, 2.45) is 0 Å². The molecule has 0 spiro atoms. The van der Waals surface area contributed by atoms with Crippen molar-refractivity contribution in [2.45, 2.75) is 0 Å². The van der Waals surface area contributed by atoms with Crippen molar-refractivity contribution >= 4 is 33.3 Å². The highest BCUT2D eigenvalue weighted by atomic mass is 32.1. The van der Waals surface area contributed by atoms with Crippen LogP contribution >= 0.6 is 11.3 Å². The monoisotopic (exact) mass is 223 g/mol. The van der Waals surface area contributed by atoms with Crippen LogP contribution in [0.1, 0.15) is 0 Å². The molecule has 6 heteroatoms. The molecule has 5 nitrogen and oxygen atoms in total. The van der Waals surface area contributed by atoms with Gasteiger partial charge in [-0.2, -0.15) is 0 Å². The summed E-state index contributed by atoms with van der Waals surface area (Å²) in [5, 5.41) is 8.69. The van der Waals surface area contributed by atoms with Gasteiger partial charge in [0.2, 0.25) is 0 Å². The van der Waals surface area contributed by atoms with Gasteiger partial charge in [0.1, 0.15) is 16.9 Å². The first-order valence-electron chi connectivity index (χ1n) is 4.29. The van der Waals surface area contributed by atoms with E-state index < -0.39 is 5.97 Å². The van der Waals surface area contributed by atoms with Gasteiger partial charge in [-0.3, -0.25) is 4.79 Å². The molecule has 15 heavy (non-hydrogen) atoms. The first kappa shape index (κ1) is 9.85. The Hall–Kier alpha value is -1.69. The van der Waals surface area contributed by atoms with Crippen LogP contribution in [0.3, 0.4) is 0 Å². The molecular weight excluding hydrogens is 214 g/mol. The lowest BCUT2D eigenvalue weighted by molar-refractivity contribution is -0.135. The maximum absolute atomic E-state index is 10.6. The Morgan fingerprint density at radius 2 is 2.40 bits per heavy atom. The average molecular weight is 223 g/mol. The van der Waals surface area contributed by atoms with E-state index in [1.165, 1.54) is 11.3 Å². The van der Waals surface area contributed by atoms with Crippen LogP contribution in [0.5, 0.6) is 0 Å². The second-order valence-electron chi connectivity index (χ2n) is 3.09. The minimum Gasteiger partial charge on any atom is -0.480 e. The first-order valence-corrected chi connectivity index (χ1v) is 5.17. The molecule has 0 atom stereocenters. The molecule has 0 aliphatic carbocycles. The smallest absolute Gasteiger partial charge is 0.323 e. The topological polar surface area (TPSA) is 66.3 Å². The molecule has 0 saturated carbocycles. The molecular formula is C9H9N3O2S. The van der Waals surface area contributed by atoms with E-state index in [1.807, 2.05) is 0 Å². The third kappa shape index (κ3) is 1.89. The van der Waals surface area contributed by atoms with Gasteiger partial charge in [0.25, 0.3) is 0 Å². The second-order valence-corrected chi connectivity index (χ2v) is 3.92. The highest BCUT2D eigenvalue weighted by Crippen LogP contribution is 2.25. The summed E-state index contributed by atoms with van der Waals surface area (Å²) in [4.78, 5) is 21.4. The lowest BCUT2D eigenvalue weighted by atomic mass is 10.3. The zero-order valence-corrected chi connectivity index (χ0v) is 8.86. The summed E-state index contributed by atoms with van der Waals surface area (Å²) in [6.45, 7) is -0.0450. The van der Waals surface area contributed by atoms with Gasteiger partial charge in [0, 0.05) is 13.2 Å². The molecule has 78 valence electrons. The summed E-state index contributed by atoms with van der Waals surface area (Å²) < 4.78 is 0. The predicted octanol–water partition coefficient (Wildman–Crippen LogP) is 1.21. The normalized spacial score (nSPS) is 10.5. The van der Waals surface area contributed by atoms with Crippen molar-refractivity contribution in [2.75, 3.05) is 18.5 Å². The van der Waals surface area contributed by atoms with E-state index >= 15 is 0 Å². The third-order valence-corrected chi connectivity index (χ3v) is 2.73. The third-order valence-electron chi connectivity index (χ3n) is 2.00. The number of anilines is 1. The number of fused-ring (bicyclic) bond motifs is 1. The fourth-order valence-electron chi connectivity index (χ4n) is 1.36. The molecule has 1 N–H and O–H groups in total. The molecule has 0 aliphatic rings. The van der Waals surface area contributed by atoms with Gasteiger partial charge in [-0.25, -0.2) is 9.97 Å². The highest BCUT2D eigenvalue weighted by Gasteiger charge is 2.11. The number of carbonyl (C=O) groups is 1. The Kier molecular flexibility index (Phi) is 2.51. The number of thiazole rings is 1. The van der Waals surface area contributed by atoms with Crippen molar-refractivity contribution < 1.29 is 9.90 Å². The Balaban J connectivity index is 2.42. The summed E-state index contributed by atoms with van der Waals surface area (Å²) in [7, 11) is 1.72. The predicted molar refractivity (Wildman–Crippen MR) is 58.3 cm³/mol. The van der Waals surface area contributed by atoms with Gasteiger partial charge in [0.05, 0.1) is 11.2 Å². The van der Waals surface area contributed by atoms with Crippen LogP contribution in [-0.4, -0.2) is 34.6 Å². The number of carboxylic acids is 1. The summed E-state index contributed by atoms with van der Waals surface area (Å²) >= 11 is 1.44. The van der Waals surface area contributed by atoms with Gasteiger partial charge in [-0.15, -0.1) is 11.3 Å². The molecule has 2 heterocycles. The lowest BCUT2D eigenvalue weighted by Gasteiger charge is -2.16. The molecule has 0 aromatic carbocycles. The average Bonchev–Trinajstić information content (AvgIpc) is 2.63. The van der Waals surface area contributed by atoms with Gasteiger partial charge in [-0.05, 0) is 6.07 Å². The van der Waals surface area contributed by atoms with E-state index in [-0.39, 0.29) is 6.54 Å². The second kappa shape index (κ2) is 3.82. The number of hydrogen-bond donors (Lipinski definition) is 1. The molecule has 0 bridgehead atoms. The van der Waals surface area contributed by atoms with Crippen LogP contribution < -0.4 is 4.90 Å². The van der Waals surface area contributed by atoms with Crippen LogP contribution in [0, 0.1) is 0 Å². The number of aliphatic carboxylic acids is 1. The number of hydrogen-bond acceptors (Lipinski definition) is 5. The summed E-state index contributed by atoms with van der Waals surface area (Å²) in [5.41, 5.74) is 3.25. The molecule has 0 fully saturated rings.